The molecule has 1 aromatic rings. The van der Waals surface area contributed by atoms with Crippen molar-refractivity contribution in [2.24, 2.45) is 11.7 Å². The van der Waals surface area contributed by atoms with Crippen LogP contribution in [0.4, 0.5) is 0 Å². The van der Waals surface area contributed by atoms with E-state index < -0.39 is 0 Å². The maximum absolute atomic E-state index is 6.30. The average molecular weight is 305 g/mol. The lowest BCUT2D eigenvalue weighted by atomic mass is 9.88. The maximum Gasteiger partial charge on any atom is 0.0469 e. The van der Waals surface area contributed by atoms with E-state index in [9.17, 15) is 0 Å². The van der Waals surface area contributed by atoms with Crippen molar-refractivity contribution < 1.29 is 4.74 Å². The van der Waals surface area contributed by atoms with E-state index in [0.717, 1.165) is 41.1 Å². The van der Waals surface area contributed by atoms with E-state index in [2.05, 4.69) is 15.9 Å². The van der Waals surface area contributed by atoms with Gasteiger partial charge in [0, 0.05) is 28.8 Å². The third-order valence-electron chi connectivity index (χ3n) is 3.09. The van der Waals surface area contributed by atoms with Gasteiger partial charge < -0.3 is 10.5 Å². The molecule has 1 heterocycles. The van der Waals surface area contributed by atoms with Crippen LogP contribution in [0.5, 0.6) is 0 Å². The first-order valence-electron chi connectivity index (χ1n) is 5.47. The fourth-order valence-corrected chi connectivity index (χ4v) is 2.79. The van der Waals surface area contributed by atoms with E-state index in [1.54, 1.807) is 0 Å². The van der Waals surface area contributed by atoms with E-state index in [1.807, 2.05) is 18.2 Å². The van der Waals surface area contributed by atoms with Gasteiger partial charge in [0.15, 0.2) is 0 Å². The molecule has 16 heavy (non-hydrogen) atoms. The molecule has 0 aromatic heterocycles. The Morgan fingerprint density at radius 2 is 2.06 bits per heavy atom. The number of hydrogen-bond acceptors (Lipinski definition) is 2. The molecule has 88 valence electrons. The van der Waals surface area contributed by atoms with Crippen LogP contribution in [0.25, 0.3) is 0 Å². The number of ether oxygens (including phenoxy) is 1. The second-order valence-corrected chi connectivity index (χ2v) is 5.43. The van der Waals surface area contributed by atoms with Gasteiger partial charge in [0.2, 0.25) is 0 Å². The molecule has 2 rings (SSSR count). The van der Waals surface area contributed by atoms with Crippen LogP contribution in [0, 0.1) is 5.92 Å². The lowest BCUT2D eigenvalue weighted by Crippen LogP contribution is -2.27. The zero-order valence-electron chi connectivity index (χ0n) is 8.96. The third kappa shape index (κ3) is 2.77. The summed E-state index contributed by atoms with van der Waals surface area (Å²) < 4.78 is 6.38. The van der Waals surface area contributed by atoms with Crippen LogP contribution in [0.1, 0.15) is 24.4 Å². The van der Waals surface area contributed by atoms with Gasteiger partial charge in [-0.3, -0.25) is 0 Å². The average Bonchev–Trinajstić information content (AvgIpc) is 2.32. The van der Waals surface area contributed by atoms with Gasteiger partial charge >= 0.3 is 0 Å². The summed E-state index contributed by atoms with van der Waals surface area (Å²) in [6, 6.07) is 5.81. The van der Waals surface area contributed by atoms with Gasteiger partial charge in [-0.15, -0.1) is 0 Å². The molecule has 0 bridgehead atoms. The molecular weight excluding hydrogens is 289 g/mol. The second kappa shape index (κ2) is 5.50. The normalized spacial score (nSPS) is 19.7. The molecule has 0 spiro atoms. The van der Waals surface area contributed by atoms with Crippen LogP contribution in [-0.2, 0) is 4.74 Å². The minimum atomic E-state index is 0.0389. The smallest absolute Gasteiger partial charge is 0.0469 e. The topological polar surface area (TPSA) is 35.2 Å². The highest BCUT2D eigenvalue weighted by atomic mass is 79.9. The van der Waals surface area contributed by atoms with Gasteiger partial charge in [-0.2, -0.15) is 0 Å². The number of halogens is 2. The lowest BCUT2D eigenvalue weighted by Gasteiger charge is -2.28. The number of rotatable bonds is 2. The summed E-state index contributed by atoms with van der Waals surface area (Å²) in [5, 5.41) is 0.737. The number of hydrogen-bond donors (Lipinski definition) is 1. The SMILES string of the molecule is N[C@@H](c1cc(Cl)ccc1Br)C1CCOCC1. The van der Waals surface area contributed by atoms with E-state index in [0.29, 0.717) is 5.92 Å². The monoisotopic (exact) mass is 303 g/mol. The molecule has 0 amide bonds. The molecule has 0 unspecified atom stereocenters. The van der Waals surface area contributed by atoms with E-state index in [1.165, 1.54) is 0 Å². The van der Waals surface area contributed by atoms with Crippen molar-refractivity contribution in [2.45, 2.75) is 18.9 Å². The molecule has 4 heteroatoms. The molecule has 0 aliphatic carbocycles. The summed E-state index contributed by atoms with van der Waals surface area (Å²) in [4.78, 5) is 0. The first kappa shape index (κ1) is 12.4. The van der Waals surface area contributed by atoms with E-state index in [-0.39, 0.29) is 6.04 Å². The Labute approximate surface area is 109 Å². The van der Waals surface area contributed by atoms with Crippen molar-refractivity contribution in [1.82, 2.24) is 0 Å². The Hall–Kier alpha value is -0.0900. The summed E-state index contributed by atoms with van der Waals surface area (Å²) in [6.07, 6.45) is 2.06. The molecule has 1 saturated heterocycles. The Morgan fingerprint density at radius 1 is 1.38 bits per heavy atom. The lowest BCUT2D eigenvalue weighted by molar-refractivity contribution is 0.0583. The largest absolute Gasteiger partial charge is 0.381 e. The highest BCUT2D eigenvalue weighted by Crippen LogP contribution is 2.33. The molecule has 1 fully saturated rings. The van der Waals surface area contributed by atoms with Crippen LogP contribution in [-0.4, -0.2) is 13.2 Å². The maximum atomic E-state index is 6.30. The van der Waals surface area contributed by atoms with Gasteiger partial charge in [-0.25, -0.2) is 0 Å². The van der Waals surface area contributed by atoms with Crippen LogP contribution < -0.4 is 5.73 Å². The Bertz CT molecular complexity index is 366. The Kier molecular flexibility index (Phi) is 4.25. The Morgan fingerprint density at radius 3 is 2.75 bits per heavy atom. The Balaban J connectivity index is 2.18. The summed E-state index contributed by atoms with van der Waals surface area (Å²) >= 11 is 9.53. The third-order valence-corrected chi connectivity index (χ3v) is 4.05. The zero-order valence-corrected chi connectivity index (χ0v) is 11.3. The quantitative estimate of drug-likeness (QED) is 0.907. The van der Waals surface area contributed by atoms with E-state index in [4.69, 9.17) is 22.1 Å². The van der Waals surface area contributed by atoms with Gasteiger partial charge in [-0.05, 0) is 42.5 Å². The summed E-state index contributed by atoms with van der Waals surface area (Å²) in [5.41, 5.74) is 7.39. The van der Waals surface area contributed by atoms with Crippen molar-refractivity contribution in [3.63, 3.8) is 0 Å². The second-order valence-electron chi connectivity index (χ2n) is 4.14. The van der Waals surface area contributed by atoms with E-state index >= 15 is 0 Å². The zero-order chi connectivity index (χ0) is 11.5. The van der Waals surface area contributed by atoms with Gasteiger partial charge in [0.05, 0.1) is 0 Å². The molecule has 1 aromatic carbocycles. The van der Waals surface area contributed by atoms with Crippen molar-refractivity contribution in [1.29, 1.82) is 0 Å². The van der Waals surface area contributed by atoms with Crippen molar-refractivity contribution in [2.75, 3.05) is 13.2 Å². The minimum absolute atomic E-state index is 0.0389. The predicted molar refractivity (Wildman–Crippen MR) is 69.6 cm³/mol. The minimum Gasteiger partial charge on any atom is -0.381 e. The molecular formula is C12H15BrClNO. The number of benzene rings is 1. The summed E-state index contributed by atoms with van der Waals surface area (Å²) in [5.74, 6) is 0.489. The highest BCUT2D eigenvalue weighted by molar-refractivity contribution is 9.10. The first-order chi connectivity index (χ1) is 7.68. The van der Waals surface area contributed by atoms with Crippen LogP contribution in [0.3, 0.4) is 0 Å². The molecule has 1 aliphatic rings. The van der Waals surface area contributed by atoms with Crippen LogP contribution >= 0.6 is 27.5 Å². The van der Waals surface area contributed by atoms with Crippen LogP contribution in [0.2, 0.25) is 5.02 Å². The number of nitrogens with two attached hydrogens (primary N) is 1. The van der Waals surface area contributed by atoms with Crippen LogP contribution in [0.15, 0.2) is 22.7 Å². The standard InChI is InChI=1S/C12H15BrClNO/c13-11-2-1-9(14)7-10(11)12(15)8-3-5-16-6-4-8/h1-2,7-8,12H,3-6,15H2/t12-/m1/s1. The molecule has 0 saturated carbocycles. The molecule has 1 aliphatic heterocycles. The molecule has 2 nitrogen and oxygen atoms in total. The summed E-state index contributed by atoms with van der Waals surface area (Å²) in [6.45, 7) is 1.63. The molecule has 1 atom stereocenters. The fourth-order valence-electron chi connectivity index (χ4n) is 2.10. The van der Waals surface area contributed by atoms with Gasteiger partial charge in [0.1, 0.15) is 0 Å². The first-order valence-corrected chi connectivity index (χ1v) is 6.64. The summed E-state index contributed by atoms with van der Waals surface area (Å²) in [7, 11) is 0. The van der Waals surface area contributed by atoms with Crippen molar-refractivity contribution in [3.8, 4) is 0 Å². The molecule has 0 radical (unpaired) electrons. The fraction of sp³-hybridized carbons (Fsp3) is 0.500. The predicted octanol–water partition coefficient (Wildman–Crippen LogP) is 3.53. The van der Waals surface area contributed by atoms with Gasteiger partial charge in [0.25, 0.3) is 0 Å². The van der Waals surface area contributed by atoms with Crippen molar-refractivity contribution in [3.05, 3.63) is 33.3 Å². The van der Waals surface area contributed by atoms with Gasteiger partial charge in [-0.1, -0.05) is 27.5 Å². The highest BCUT2D eigenvalue weighted by Gasteiger charge is 2.23. The molecule has 2 N–H and O–H groups in total. The van der Waals surface area contributed by atoms with Crippen molar-refractivity contribution >= 4 is 27.5 Å².